The van der Waals surface area contributed by atoms with Gasteiger partial charge in [-0.2, -0.15) is 0 Å². The Morgan fingerprint density at radius 3 is 2.26 bits per heavy atom. The molecule has 0 aromatic heterocycles. The van der Waals surface area contributed by atoms with Gasteiger partial charge in [-0.05, 0) is 62.2 Å². The number of carbonyl (C=O) groups excluding carboxylic acids is 2. The maximum atomic E-state index is 13.5. The predicted octanol–water partition coefficient (Wildman–Crippen LogP) is 3.94. The van der Waals surface area contributed by atoms with Gasteiger partial charge in [0, 0.05) is 25.2 Å². The lowest BCUT2D eigenvalue weighted by Crippen LogP contribution is -2.40. The Morgan fingerprint density at radius 2 is 1.63 bits per heavy atom. The highest BCUT2D eigenvalue weighted by molar-refractivity contribution is 7.92. The van der Waals surface area contributed by atoms with E-state index in [0.717, 1.165) is 33.1 Å². The molecule has 0 aliphatic carbocycles. The number of anilines is 2. The number of aryl methyl sites for hydroxylation is 2. The summed E-state index contributed by atoms with van der Waals surface area (Å²) in [7, 11) is -3.96. The lowest BCUT2D eigenvalue weighted by molar-refractivity contribution is -0.120. The molecule has 1 aliphatic rings. The van der Waals surface area contributed by atoms with Gasteiger partial charge in [0.05, 0.1) is 10.6 Å². The number of nitrogens with one attached hydrogen (secondary N) is 1. The van der Waals surface area contributed by atoms with Crippen molar-refractivity contribution >= 4 is 33.2 Å². The lowest BCUT2D eigenvalue weighted by Gasteiger charge is -2.24. The maximum Gasteiger partial charge on any atom is 0.264 e. The highest BCUT2D eigenvalue weighted by atomic mass is 32.2. The standard InChI is InChI=1S/C27H29N3O4S/c1-20-8-12-23(13-9-20)30(35(33,34)25-14-10-21(2)11-15-25)19-26(31)28-18-22-5-3-6-24(17-22)29-16-4-7-27(29)32/h3,5-6,8-15,17H,4,7,16,18-19H2,1-2H3,(H,28,31). The fraction of sp³-hybridized carbons (Fsp3) is 0.259. The average Bonchev–Trinajstić information content (AvgIpc) is 3.28. The van der Waals surface area contributed by atoms with Crippen molar-refractivity contribution in [1.29, 1.82) is 0 Å². The van der Waals surface area contributed by atoms with Crippen LogP contribution in [0.25, 0.3) is 0 Å². The minimum absolute atomic E-state index is 0.0984. The number of amides is 2. The lowest BCUT2D eigenvalue weighted by atomic mass is 10.2. The quantitative estimate of drug-likeness (QED) is 0.517. The van der Waals surface area contributed by atoms with Gasteiger partial charge in [-0.3, -0.25) is 13.9 Å². The van der Waals surface area contributed by atoms with Crippen LogP contribution in [0.5, 0.6) is 0 Å². The second-order valence-electron chi connectivity index (χ2n) is 8.76. The molecule has 1 heterocycles. The van der Waals surface area contributed by atoms with E-state index < -0.39 is 15.9 Å². The summed E-state index contributed by atoms with van der Waals surface area (Å²) >= 11 is 0. The summed E-state index contributed by atoms with van der Waals surface area (Å²) < 4.78 is 28.1. The van der Waals surface area contributed by atoms with Gasteiger partial charge in [0.2, 0.25) is 11.8 Å². The Bertz CT molecular complexity index is 1320. The van der Waals surface area contributed by atoms with Crippen LogP contribution in [0.15, 0.2) is 77.7 Å². The number of nitrogens with zero attached hydrogens (tertiary/aromatic N) is 2. The molecule has 1 saturated heterocycles. The Hall–Kier alpha value is -3.65. The maximum absolute atomic E-state index is 13.5. The molecule has 3 aromatic rings. The third-order valence-electron chi connectivity index (χ3n) is 6.00. The topological polar surface area (TPSA) is 86.8 Å². The minimum Gasteiger partial charge on any atom is -0.350 e. The van der Waals surface area contributed by atoms with E-state index in [2.05, 4.69) is 5.32 Å². The van der Waals surface area contributed by atoms with Gasteiger partial charge in [0.25, 0.3) is 10.0 Å². The molecule has 0 unspecified atom stereocenters. The zero-order chi connectivity index (χ0) is 25.0. The summed E-state index contributed by atoms with van der Waals surface area (Å²) in [6.45, 7) is 4.36. The van der Waals surface area contributed by atoms with Gasteiger partial charge in [-0.1, -0.05) is 47.5 Å². The van der Waals surface area contributed by atoms with E-state index in [4.69, 9.17) is 0 Å². The molecular formula is C27H29N3O4S. The fourth-order valence-corrected chi connectivity index (χ4v) is 5.43. The molecule has 0 saturated carbocycles. The van der Waals surface area contributed by atoms with Crippen molar-refractivity contribution in [2.75, 3.05) is 22.3 Å². The number of rotatable bonds is 8. The number of hydrogen-bond donors (Lipinski definition) is 1. The molecule has 1 N–H and O–H groups in total. The summed E-state index contributed by atoms with van der Waals surface area (Å²) in [4.78, 5) is 26.8. The molecule has 1 fully saturated rings. The first-order valence-electron chi connectivity index (χ1n) is 11.6. The molecule has 4 rings (SSSR count). The van der Waals surface area contributed by atoms with Crippen LogP contribution in [-0.2, 0) is 26.2 Å². The molecule has 7 nitrogen and oxygen atoms in total. The first kappa shape index (κ1) is 24.5. The van der Waals surface area contributed by atoms with Crippen LogP contribution in [0.2, 0.25) is 0 Å². The number of hydrogen-bond acceptors (Lipinski definition) is 4. The van der Waals surface area contributed by atoms with Crippen LogP contribution < -0.4 is 14.5 Å². The molecule has 2 amide bonds. The molecule has 8 heteroatoms. The summed E-state index contributed by atoms with van der Waals surface area (Å²) in [5.41, 5.74) is 3.99. The molecule has 0 spiro atoms. The van der Waals surface area contributed by atoms with Crippen molar-refractivity contribution in [3.05, 3.63) is 89.5 Å². The zero-order valence-electron chi connectivity index (χ0n) is 19.9. The van der Waals surface area contributed by atoms with E-state index in [-0.39, 0.29) is 23.9 Å². The van der Waals surface area contributed by atoms with Gasteiger partial charge in [-0.15, -0.1) is 0 Å². The smallest absolute Gasteiger partial charge is 0.264 e. The van der Waals surface area contributed by atoms with Crippen LogP contribution in [0.3, 0.4) is 0 Å². The largest absolute Gasteiger partial charge is 0.350 e. The van der Waals surface area contributed by atoms with Crippen molar-refractivity contribution < 1.29 is 18.0 Å². The Balaban J connectivity index is 1.51. The van der Waals surface area contributed by atoms with Crippen LogP contribution in [-0.4, -0.2) is 33.3 Å². The first-order chi connectivity index (χ1) is 16.7. The first-order valence-corrected chi connectivity index (χ1v) is 13.0. The van der Waals surface area contributed by atoms with Gasteiger partial charge in [0.1, 0.15) is 6.54 Å². The predicted molar refractivity (Wildman–Crippen MR) is 137 cm³/mol. The van der Waals surface area contributed by atoms with E-state index >= 15 is 0 Å². The summed E-state index contributed by atoms with van der Waals surface area (Å²) in [5.74, 6) is -0.329. The van der Waals surface area contributed by atoms with Crippen molar-refractivity contribution in [3.8, 4) is 0 Å². The second kappa shape index (κ2) is 10.3. The Kier molecular flexibility index (Phi) is 7.21. The molecule has 182 valence electrons. The molecular weight excluding hydrogens is 462 g/mol. The monoisotopic (exact) mass is 491 g/mol. The summed E-state index contributed by atoms with van der Waals surface area (Å²) in [6.07, 6.45) is 1.38. The SMILES string of the molecule is Cc1ccc(N(CC(=O)NCc2cccc(N3CCCC3=O)c2)S(=O)(=O)c2ccc(C)cc2)cc1. The Morgan fingerprint density at radius 1 is 0.971 bits per heavy atom. The van der Waals surface area contributed by atoms with Crippen molar-refractivity contribution in [2.24, 2.45) is 0 Å². The van der Waals surface area contributed by atoms with E-state index in [9.17, 15) is 18.0 Å². The number of carbonyl (C=O) groups is 2. The van der Waals surface area contributed by atoms with Crippen LogP contribution in [0, 0.1) is 13.8 Å². The molecule has 1 aliphatic heterocycles. The van der Waals surface area contributed by atoms with Gasteiger partial charge >= 0.3 is 0 Å². The zero-order valence-corrected chi connectivity index (χ0v) is 20.7. The van der Waals surface area contributed by atoms with Gasteiger partial charge in [-0.25, -0.2) is 8.42 Å². The fourth-order valence-electron chi connectivity index (χ4n) is 4.01. The van der Waals surface area contributed by atoms with E-state index in [0.29, 0.717) is 18.7 Å². The van der Waals surface area contributed by atoms with Crippen LogP contribution in [0.1, 0.15) is 29.5 Å². The van der Waals surface area contributed by atoms with Gasteiger partial charge in [0.15, 0.2) is 0 Å². The summed E-state index contributed by atoms with van der Waals surface area (Å²) in [6, 6.07) is 21.1. The molecule has 0 atom stereocenters. The van der Waals surface area contributed by atoms with E-state index in [1.165, 1.54) is 0 Å². The highest BCUT2D eigenvalue weighted by Gasteiger charge is 2.27. The normalized spacial score (nSPS) is 13.7. The minimum atomic E-state index is -3.96. The van der Waals surface area contributed by atoms with E-state index in [1.807, 2.05) is 50.2 Å². The average molecular weight is 492 g/mol. The van der Waals surface area contributed by atoms with Crippen molar-refractivity contribution in [2.45, 2.75) is 38.1 Å². The van der Waals surface area contributed by atoms with E-state index in [1.54, 1.807) is 41.3 Å². The highest BCUT2D eigenvalue weighted by Crippen LogP contribution is 2.25. The Labute approximate surface area is 206 Å². The van der Waals surface area contributed by atoms with Crippen LogP contribution in [0.4, 0.5) is 11.4 Å². The molecule has 35 heavy (non-hydrogen) atoms. The number of sulfonamides is 1. The summed E-state index contributed by atoms with van der Waals surface area (Å²) in [5, 5.41) is 2.82. The molecule has 0 radical (unpaired) electrons. The third-order valence-corrected chi connectivity index (χ3v) is 7.79. The van der Waals surface area contributed by atoms with Gasteiger partial charge < -0.3 is 10.2 Å². The molecule has 3 aromatic carbocycles. The van der Waals surface area contributed by atoms with Crippen LogP contribution >= 0.6 is 0 Å². The van der Waals surface area contributed by atoms with Crippen molar-refractivity contribution in [3.63, 3.8) is 0 Å². The third kappa shape index (κ3) is 5.71. The van der Waals surface area contributed by atoms with Crippen molar-refractivity contribution in [1.82, 2.24) is 5.32 Å². The second-order valence-corrected chi connectivity index (χ2v) is 10.6. The number of benzene rings is 3. The molecule has 0 bridgehead atoms.